The van der Waals surface area contributed by atoms with Gasteiger partial charge in [-0.2, -0.15) is 0 Å². The van der Waals surface area contributed by atoms with Crippen LogP contribution in [0.5, 0.6) is 11.5 Å². The zero-order valence-electron chi connectivity index (χ0n) is 12.7. The van der Waals surface area contributed by atoms with Crippen molar-refractivity contribution in [2.75, 3.05) is 14.2 Å². The molecule has 23 heavy (non-hydrogen) atoms. The molecule has 116 valence electrons. The van der Waals surface area contributed by atoms with Gasteiger partial charge in [-0.1, -0.05) is 18.2 Å². The molecule has 0 spiro atoms. The van der Waals surface area contributed by atoms with Crippen molar-refractivity contribution < 1.29 is 18.7 Å². The number of carbonyl (C=O) groups is 1. The highest BCUT2D eigenvalue weighted by Crippen LogP contribution is 2.39. The van der Waals surface area contributed by atoms with Crippen LogP contribution in [0.15, 0.2) is 51.7 Å². The number of ether oxygens (including phenoxy) is 2. The lowest BCUT2D eigenvalue weighted by Gasteiger charge is -2.14. The quantitative estimate of drug-likeness (QED) is 0.546. The Bertz CT molecular complexity index is 940. The molecule has 2 aromatic carbocycles. The van der Waals surface area contributed by atoms with Crippen molar-refractivity contribution in [1.82, 2.24) is 0 Å². The van der Waals surface area contributed by atoms with Crippen LogP contribution in [0.3, 0.4) is 0 Å². The lowest BCUT2D eigenvalue weighted by atomic mass is 9.96. The summed E-state index contributed by atoms with van der Waals surface area (Å²) in [5.74, 6) is 0.946. The summed E-state index contributed by atoms with van der Waals surface area (Å²) in [6.07, 6.45) is 0.712. The maximum atomic E-state index is 11.9. The van der Waals surface area contributed by atoms with Gasteiger partial charge in [-0.15, -0.1) is 0 Å². The van der Waals surface area contributed by atoms with Crippen molar-refractivity contribution in [3.63, 3.8) is 0 Å². The molecule has 0 aliphatic heterocycles. The van der Waals surface area contributed by atoms with E-state index in [0.717, 1.165) is 5.39 Å². The Hall–Kier alpha value is -3.08. The topological polar surface area (TPSA) is 65.7 Å². The van der Waals surface area contributed by atoms with Crippen LogP contribution in [0.25, 0.3) is 22.1 Å². The first-order valence-corrected chi connectivity index (χ1v) is 6.92. The van der Waals surface area contributed by atoms with E-state index in [1.807, 2.05) is 12.1 Å². The van der Waals surface area contributed by atoms with E-state index in [1.165, 1.54) is 20.3 Å². The fraction of sp³-hybridized carbons (Fsp3) is 0.111. The van der Waals surface area contributed by atoms with E-state index < -0.39 is 5.63 Å². The summed E-state index contributed by atoms with van der Waals surface area (Å²) < 4.78 is 15.8. The Morgan fingerprint density at radius 2 is 1.83 bits per heavy atom. The van der Waals surface area contributed by atoms with Crippen LogP contribution in [0, 0.1) is 0 Å². The molecule has 1 heterocycles. The predicted molar refractivity (Wildman–Crippen MR) is 86.4 cm³/mol. The molecule has 3 aromatic rings. The smallest absolute Gasteiger partial charge is 0.336 e. The summed E-state index contributed by atoms with van der Waals surface area (Å²) in [5, 5.41) is 0.721. The van der Waals surface area contributed by atoms with E-state index >= 15 is 0 Å². The van der Waals surface area contributed by atoms with Gasteiger partial charge in [0.05, 0.1) is 14.2 Å². The molecular weight excluding hydrogens is 296 g/mol. The fourth-order valence-corrected chi connectivity index (χ4v) is 2.59. The summed E-state index contributed by atoms with van der Waals surface area (Å²) in [6.45, 7) is 0. The summed E-state index contributed by atoms with van der Waals surface area (Å²) in [7, 11) is 3.01. The Kier molecular flexibility index (Phi) is 3.85. The van der Waals surface area contributed by atoms with Gasteiger partial charge in [0.2, 0.25) is 0 Å². The van der Waals surface area contributed by atoms with Crippen molar-refractivity contribution in [1.29, 1.82) is 0 Å². The van der Waals surface area contributed by atoms with Crippen LogP contribution in [0.4, 0.5) is 0 Å². The van der Waals surface area contributed by atoms with Crippen molar-refractivity contribution in [2.45, 2.75) is 0 Å². The second-order valence-corrected chi connectivity index (χ2v) is 4.89. The predicted octanol–water partition coefficient (Wildman–Crippen LogP) is 3.29. The second-order valence-electron chi connectivity index (χ2n) is 4.89. The number of rotatable bonds is 4. The van der Waals surface area contributed by atoms with Gasteiger partial charge in [-0.3, -0.25) is 4.79 Å². The molecule has 0 aliphatic carbocycles. The molecule has 1 aromatic heterocycles. The average Bonchev–Trinajstić information content (AvgIpc) is 2.59. The summed E-state index contributed by atoms with van der Waals surface area (Å²) in [6, 6.07) is 11.8. The molecule has 0 fully saturated rings. The Morgan fingerprint density at radius 1 is 1.04 bits per heavy atom. The molecule has 0 aliphatic rings. The third-order valence-corrected chi connectivity index (χ3v) is 3.61. The van der Waals surface area contributed by atoms with Gasteiger partial charge in [0, 0.05) is 34.2 Å². The SMILES string of the molecule is COc1cc(C=O)c(-c2cc(=O)oc3ccccc23)c(OC)c1. The molecule has 0 amide bonds. The first kappa shape index (κ1) is 14.8. The van der Waals surface area contributed by atoms with Gasteiger partial charge in [0.15, 0.2) is 6.29 Å². The van der Waals surface area contributed by atoms with E-state index in [9.17, 15) is 9.59 Å². The first-order valence-electron chi connectivity index (χ1n) is 6.92. The van der Waals surface area contributed by atoms with Crippen molar-refractivity contribution in [3.8, 4) is 22.6 Å². The van der Waals surface area contributed by atoms with Crippen molar-refractivity contribution in [2.24, 2.45) is 0 Å². The van der Waals surface area contributed by atoms with E-state index in [0.29, 0.717) is 40.1 Å². The largest absolute Gasteiger partial charge is 0.497 e. The van der Waals surface area contributed by atoms with Crippen LogP contribution in [-0.2, 0) is 0 Å². The number of methoxy groups -OCH3 is 2. The minimum atomic E-state index is -0.492. The van der Waals surface area contributed by atoms with Gasteiger partial charge >= 0.3 is 5.63 Å². The zero-order valence-corrected chi connectivity index (χ0v) is 12.7. The highest BCUT2D eigenvalue weighted by Gasteiger charge is 2.17. The number of hydrogen-bond acceptors (Lipinski definition) is 5. The number of carbonyl (C=O) groups excluding carboxylic acids is 1. The molecule has 0 N–H and O–H groups in total. The standard InChI is InChI=1S/C18H14O5/c1-21-12-7-11(10-19)18(16(8-12)22-2)14-9-17(20)23-15-6-4-3-5-13(14)15/h3-10H,1-2H3. The zero-order chi connectivity index (χ0) is 16.4. The van der Waals surface area contributed by atoms with Crippen molar-refractivity contribution in [3.05, 3.63) is 58.4 Å². The Morgan fingerprint density at radius 3 is 2.52 bits per heavy atom. The normalized spacial score (nSPS) is 10.5. The fourth-order valence-electron chi connectivity index (χ4n) is 2.59. The average molecular weight is 310 g/mol. The van der Waals surface area contributed by atoms with E-state index in [1.54, 1.807) is 24.3 Å². The number of fused-ring (bicyclic) bond motifs is 1. The molecular formula is C18H14O5. The van der Waals surface area contributed by atoms with Gasteiger partial charge in [0.1, 0.15) is 17.1 Å². The second kappa shape index (κ2) is 5.96. The molecule has 5 nitrogen and oxygen atoms in total. The molecule has 0 unspecified atom stereocenters. The van der Waals surface area contributed by atoms with E-state index in [2.05, 4.69) is 0 Å². The van der Waals surface area contributed by atoms with E-state index in [4.69, 9.17) is 13.9 Å². The third-order valence-electron chi connectivity index (χ3n) is 3.61. The van der Waals surface area contributed by atoms with Gasteiger partial charge in [-0.05, 0) is 12.1 Å². The first-order chi connectivity index (χ1) is 11.2. The summed E-state index contributed by atoms with van der Waals surface area (Å²) in [4.78, 5) is 23.4. The third kappa shape index (κ3) is 2.57. The van der Waals surface area contributed by atoms with Gasteiger partial charge in [-0.25, -0.2) is 4.79 Å². The minimum absolute atomic E-state index is 0.372. The molecule has 0 saturated carbocycles. The van der Waals surface area contributed by atoms with Crippen LogP contribution < -0.4 is 15.1 Å². The summed E-state index contributed by atoms with van der Waals surface area (Å²) in [5.41, 5.74) is 1.45. The Labute approximate surface area is 132 Å². The van der Waals surface area contributed by atoms with Crippen LogP contribution >= 0.6 is 0 Å². The minimum Gasteiger partial charge on any atom is -0.497 e. The number of benzene rings is 2. The molecule has 0 bridgehead atoms. The van der Waals surface area contributed by atoms with Crippen LogP contribution in [0.2, 0.25) is 0 Å². The summed E-state index contributed by atoms with van der Waals surface area (Å²) >= 11 is 0. The molecule has 0 atom stereocenters. The number of para-hydroxylation sites is 1. The monoisotopic (exact) mass is 310 g/mol. The van der Waals surface area contributed by atoms with E-state index in [-0.39, 0.29) is 0 Å². The van der Waals surface area contributed by atoms with Gasteiger partial charge in [0.25, 0.3) is 0 Å². The van der Waals surface area contributed by atoms with Crippen LogP contribution in [0.1, 0.15) is 10.4 Å². The highest BCUT2D eigenvalue weighted by atomic mass is 16.5. The number of aldehydes is 1. The lowest BCUT2D eigenvalue weighted by molar-refractivity contribution is 0.112. The molecule has 0 saturated heterocycles. The number of hydrogen-bond donors (Lipinski definition) is 0. The van der Waals surface area contributed by atoms with Gasteiger partial charge < -0.3 is 13.9 Å². The maximum Gasteiger partial charge on any atom is 0.336 e. The highest BCUT2D eigenvalue weighted by molar-refractivity contribution is 6.01. The van der Waals surface area contributed by atoms with Crippen molar-refractivity contribution >= 4 is 17.3 Å². The maximum absolute atomic E-state index is 11.9. The lowest BCUT2D eigenvalue weighted by Crippen LogP contribution is -2.01. The molecule has 0 radical (unpaired) electrons. The molecule has 3 rings (SSSR count). The Balaban J connectivity index is 2.43. The molecule has 5 heteroatoms. The van der Waals surface area contributed by atoms with Crippen LogP contribution in [-0.4, -0.2) is 20.5 Å².